The van der Waals surface area contributed by atoms with Crippen molar-refractivity contribution in [3.05, 3.63) is 29.6 Å². The summed E-state index contributed by atoms with van der Waals surface area (Å²) in [5, 5.41) is 3.05. The van der Waals surface area contributed by atoms with Crippen LogP contribution in [0, 0.1) is 5.92 Å². The lowest BCUT2D eigenvalue weighted by Crippen LogP contribution is -2.35. The fraction of sp³-hybridized carbons (Fsp3) is 0.556. The van der Waals surface area contributed by atoms with Gasteiger partial charge in [0.2, 0.25) is 5.91 Å². The molecule has 0 spiro atoms. The lowest BCUT2D eigenvalue weighted by molar-refractivity contribution is -0.127. The standard InChI is InChI=1S/C18H25N3O/c1-12(2)17-20-15-11-13(7-8-16(15)21(17)3)9-10-19-18(22)14-5-4-6-14/h7-8,11-12,14H,4-6,9-10H2,1-3H3,(H,19,22). The Kier molecular flexibility index (Phi) is 4.19. The smallest absolute Gasteiger partial charge is 0.223 e. The van der Waals surface area contributed by atoms with Crippen molar-refractivity contribution in [2.24, 2.45) is 13.0 Å². The molecule has 1 amide bonds. The van der Waals surface area contributed by atoms with Gasteiger partial charge in [-0.05, 0) is 37.0 Å². The monoisotopic (exact) mass is 299 g/mol. The maximum absolute atomic E-state index is 11.8. The van der Waals surface area contributed by atoms with Crippen molar-refractivity contribution in [3.8, 4) is 0 Å². The lowest BCUT2D eigenvalue weighted by Gasteiger charge is -2.24. The largest absolute Gasteiger partial charge is 0.356 e. The second-order valence-corrected chi connectivity index (χ2v) is 6.68. The Morgan fingerprint density at radius 2 is 2.18 bits per heavy atom. The van der Waals surface area contributed by atoms with Gasteiger partial charge in [-0.25, -0.2) is 4.98 Å². The third kappa shape index (κ3) is 2.87. The number of nitrogens with one attached hydrogen (secondary N) is 1. The third-order valence-corrected chi connectivity index (χ3v) is 4.69. The molecule has 0 unspecified atom stereocenters. The summed E-state index contributed by atoms with van der Waals surface area (Å²) in [6.07, 6.45) is 4.18. The van der Waals surface area contributed by atoms with E-state index in [0.29, 0.717) is 12.5 Å². The number of hydrogen-bond acceptors (Lipinski definition) is 2. The molecule has 1 N–H and O–H groups in total. The molecule has 118 valence electrons. The molecule has 4 heteroatoms. The molecule has 1 saturated carbocycles. The molecule has 0 atom stereocenters. The summed E-state index contributed by atoms with van der Waals surface area (Å²) in [6, 6.07) is 6.43. The minimum atomic E-state index is 0.229. The Morgan fingerprint density at radius 1 is 1.41 bits per heavy atom. The summed E-state index contributed by atoms with van der Waals surface area (Å²) in [4.78, 5) is 16.6. The van der Waals surface area contributed by atoms with Crippen molar-refractivity contribution < 1.29 is 4.79 Å². The molecule has 0 bridgehead atoms. The van der Waals surface area contributed by atoms with E-state index in [0.717, 1.165) is 30.6 Å². The van der Waals surface area contributed by atoms with E-state index >= 15 is 0 Å². The topological polar surface area (TPSA) is 46.9 Å². The fourth-order valence-corrected chi connectivity index (χ4v) is 3.08. The van der Waals surface area contributed by atoms with Crippen molar-refractivity contribution in [2.75, 3.05) is 6.54 Å². The maximum Gasteiger partial charge on any atom is 0.223 e. The van der Waals surface area contributed by atoms with E-state index in [1.165, 1.54) is 17.5 Å². The van der Waals surface area contributed by atoms with Gasteiger partial charge in [0.05, 0.1) is 11.0 Å². The van der Waals surface area contributed by atoms with Gasteiger partial charge in [0.25, 0.3) is 0 Å². The number of aromatic nitrogens is 2. The number of amides is 1. The van der Waals surface area contributed by atoms with Crippen LogP contribution in [0.3, 0.4) is 0 Å². The Bertz CT molecular complexity index is 683. The van der Waals surface area contributed by atoms with Gasteiger partial charge in [-0.1, -0.05) is 26.3 Å². The predicted octanol–water partition coefficient (Wildman–Crippen LogP) is 3.16. The van der Waals surface area contributed by atoms with Crippen LogP contribution in [0.15, 0.2) is 18.2 Å². The van der Waals surface area contributed by atoms with Crippen LogP contribution < -0.4 is 5.32 Å². The average Bonchev–Trinajstić information content (AvgIpc) is 2.74. The van der Waals surface area contributed by atoms with Crippen molar-refractivity contribution in [2.45, 2.75) is 45.4 Å². The molecule has 4 nitrogen and oxygen atoms in total. The first-order valence-corrected chi connectivity index (χ1v) is 8.29. The van der Waals surface area contributed by atoms with Crippen LogP contribution in [-0.2, 0) is 18.3 Å². The summed E-state index contributed by atoms with van der Waals surface area (Å²) < 4.78 is 2.17. The van der Waals surface area contributed by atoms with Gasteiger partial charge in [-0.3, -0.25) is 4.79 Å². The zero-order valence-electron chi connectivity index (χ0n) is 13.7. The average molecular weight is 299 g/mol. The highest BCUT2D eigenvalue weighted by Crippen LogP contribution is 2.26. The van der Waals surface area contributed by atoms with Crippen LogP contribution in [0.4, 0.5) is 0 Å². The number of nitrogens with zero attached hydrogens (tertiary/aromatic N) is 2. The minimum absolute atomic E-state index is 0.229. The molecule has 1 aliphatic rings. The van der Waals surface area contributed by atoms with Crippen LogP contribution in [0.5, 0.6) is 0 Å². The highest BCUT2D eigenvalue weighted by atomic mass is 16.1. The number of rotatable bonds is 5. The van der Waals surface area contributed by atoms with Crippen molar-refractivity contribution in [3.63, 3.8) is 0 Å². The highest BCUT2D eigenvalue weighted by Gasteiger charge is 2.24. The van der Waals surface area contributed by atoms with Gasteiger partial charge in [0.15, 0.2) is 0 Å². The van der Waals surface area contributed by atoms with Gasteiger partial charge in [-0.15, -0.1) is 0 Å². The van der Waals surface area contributed by atoms with E-state index in [1.54, 1.807) is 0 Å². The number of carbonyl (C=O) groups is 1. The SMILES string of the molecule is CC(C)c1nc2cc(CCNC(=O)C3CCC3)ccc2n1C. The predicted molar refractivity (Wildman–Crippen MR) is 88.9 cm³/mol. The van der Waals surface area contributed by atoms with E-state index in [4.69, 9.17) is 4.98 Å². The Hall–Kier alpha value is -1.84. The second-order valence-electron chi connectivity index (χ2n) is 6.68. The molecule has 1 aliphatic carbocycles. The summed E-state index contributed by atoms with van der Waals surface area (Å²) in [7, 11) is 2.07. The number of imidazole rings is 1. The van der Waals surface area contributed by atoms with E-state index in [2.05, 4.69) is 49.0 Å². The first-order chi connectivity index (χ1) is 10.6. The normalized spacial score (nSPS) is 15.3. The molecule has 1 aromatic carbocycles. The molecular formula is C18H25N3O. The van der Waals surface area contributed by atoms with E-state index in [9.17, 15) is 4.79 Å². The van der Waals surface area contributed by atoms with E-state index < -0.39 is 0 Å². The van der Waals surface area contributed by atoms with E-state index in [-0.39, 0.29) is 11.8 Å². The summed E-state index contributed by atoms with van der Waals surface area (Å²) >= 11 is 0. The number of fused-ring (bicyclic) bond motifs is 1. The van der Waals surface area contributed by atoms with Crippen molar-refractivity contribution in [1.82, 2.24) is 14.9 Å². The fourth-order valence-electron chi connectivity index (χ4n) is 3.08. The zero-order valence-corrected chi connectivity index (χ0v) is 13.7. The van der Waals surface area contributed by atoms with E-state index in [1.807, 2.05) is 0 Å². The van der Waals surface area contributed by atoms with Gasteiger partial charge < -0.3 is 9.88 Å². The Balaban J connectivity index is 1.65. The summed E-state index contributed by atoms with van der Waals surface area (Å²) in [6.45, 7) is 5.04. The first kappa shape index (κ1) is 15.1. The molecule has 0 saturated heterocycles. The van der Waals surface area contributed by atoms with Gasteiger partial charge >= 0.3 is 0 Å². The summed E-state index contributed by atoms with van der Waals surface area (Å²) in [5.74, 6) is 2.03. The number of hydrogen-bond donors (Lipinski definition) is 1. The molecular weight excluding hydrogens is 274 g/mol. The van der Waals surface area contributed by atoms with Crippen LogP contribution in [-0.4, -0.2) is 22.0 Å². The lowest BCUT2D eigenvalue weighted by atomic mass is 9.85. The van der Waals surface area contributed by atoms with Crippen LogP contribution in [0.1, 0.15) is 50.4 Å². The number of carbonyl (C=O) groups excluding carboxylic acids is 1. The van der Waals surface area contributed by atoms with Gasteiger partial charge in [0, 0.05) is 25.4 Å². The Morgan fingerprint density at radius 3 is 2.82 bits per heavy atom. The van der Waals surface area contributed by atoms with Crippen molar-refractivity contribution >= 4 is 16.9 Å². The maximum atomic E-state index is 11.8. The molecule has 0 aliphatic heterocycles. The molecule has 22 heavy (non-hydrogen) atoms. The Labute approximate surface area is 131 Å². The quantitative estimate of drug-likeness (QED) is 0.922. The molecule has 3 rings (SSSR count). The number of benzene rings is 1. The first-order valence-electron chi connectivity index (χ1n) is 8.29. The number of aryl methyl sites for hydroxylation is 1. The van der Waals surface area contributed by atoms with Crippen LogP contribution in [0.25, 0.3) is 11.0 Å². The van der Waals surface area contributed by atoms with Gasteiger partial charge in [0.1, 0.15) is 5.82 Å². The third-order valence-electron chi connectivity index (χ3n) is 4.69. The molecule has 1 fully saturated rings. The van der Waals surface area contributed by atoms with Crippen LogP contribution >= 0.6 is 0 Å². The van der Waals surface area contributed by atoms with Gasteiger partial charge in [-0.2, -0.15) is 0 Å². The second kappa shape index (κ2) is 6.11. The highest BCUT2D eigenvalue weighted by molar-refractivity contribution is 5.79. The van der Waals surface area contributed by atoms with Crippen molar-refractivity contribution in [1.29, 1.82) is 0 Å². The molecule has 1 heterocycles. The molecule has 2 aromatic rings. The van der Waals surface area contributed by atoms with Crippen LogP contribution in [0.2, 0.25) is 0 Å². The summed E-state index contributed by atoms with van der Waals surface area (Å²) in [5.41, 5.74) is 3.45. The molecule has 1 aromatic heterocycles. The molecule has 0 radical (unpaired) electrons. The zero-order chi connectivity index (χ0) is 15.7. The minimum Gasteiger partial charge on any atom is -0.356 e.